The van der Waals surface area contributed by atoms with Crippen LogP contribution in [0.5, 0.6) is 5.75 Å². The van der Waals surface area contributed by atoms with Crippen molar-refractivity contribution in [1.82, 2.24) is 0 Å². The minimum absolute atomic E-state index is 0.347. The molecular weight excluding hydrogens is 342 g/mol. The predicted octanol–water partition coefficient (Wildman–Crippen LogP) is 4.87. The molecule has 2 unspecified atom stereocenters. The van der Waals surface area contributed by atoms with E-state index in [1.165, 1.54) is 0 Å². The third-order valence-electron chi connectivity index (χ3n) is 3.48. The van der Waals surface area contributed by atoms with Crippen LogP contribution in [0.25, 0.3) is 0 Å². The van der Waals surface area contributed by atoms with Crippen LogP contribution in [0.15, 0.2) is 16.6 Å². The number of hydrogen-bond acceptors (Lipinski definition) is 3. The van der Waals surface area contributed by atoms with Crippen LogP contribution >= 0.6 is 27.5 Å². The van der Waals surface area contributed by atoms with Gasteiger partial charge >= 0.3 is 0 Å². The lowest BCUT2D eigenvalue weighted by Crippen LogP contribution is -2.33. The van der Waals surface area contributed by atoms with Crippen LogP contribution in [0.4, 0.5) is 5.69 Å². The van der Waals surface area contributed by atoms with Gasteiger partial charge in [0.2, 0.25) is 0 Å². The van der Waals surface area contributed by atoms with Crippen molar-refractivity contribution in [2.45, 2.75) is 45.3 Å². The average Bonchev–Trinajstić information content (AvgIpc) is 2.43. The highest BCUT2D eigenvalue weighted by atomic mass is 79.9. The Kier molecular flexibility index (Phi) is 6.00. The van der Waals surface area contributed by atoms with Crippen LogP contribution in [0.1, 0.15) is 33.1 Å². The van der Waals surface area contributed by atoms with Gasteiger partial charge in [-0.15, -0.1) is 0 Å². The maximum Gasteiger partial charge on any atom is 0.156 e. The fourth-order valence-corrected chi connectivity index (χ4v) is 3.40. The summed E-state index contributed by atoms with van der Waals surface area (Å²) in [5, 5.41) is 4.26. The quantitative estimate of drug-likeness (QED) is 0.810. The molecule has 0 bridgehead atoms. The van der Waals surface area contributed by atoms with Crippen molar-refractivity contribution >= 4 is 33.2 Å². The summed E-state index contributed by atoms with van der Waals surface area (Å²) < 4.78 is 12.3. The normalized spacial score (nSPS) is 22.6. The maximum absolute atomic E-state index is 6.15. The molecular formula is C15H21BrClNO2. The number of benzene rings is 1. The lowest BCUT2D eigenvalue weighted by atomic mass is 10.0. The van der Waals surface area contributed by atoms with E-state index < -0.39 is 0 Å². The summed E-state index contributed by atoms with van der Waals surface area (Å²) in [6.07, 6.45) is 3.42. The molecule has 1 aromatic carbocycles. The Morgan fingerprint density at radius 2 is 2.25 bits per heavy atom. The summed E-state index contributed by atoms with van der Waals surface area (Å²) in [6, 6.07) is 4.18. The van der Waals surface area contributed by atoms with Crippen LogP contribution in [-0.2, 0) is 4.74 Å². The number of halogens is 2. The first-order valence-electron chi connectivity index (χ1n) is 7.14. The summed E-state index contributed by atoms with van der Waals surface area (Å²) >= 11 is 9.66. The van der Waals surface area contributed by atoms with E-state index in [4.69, 9.17) is 21.1 Å². The molecule has 5 heteroatoms. The molecule has 0 saturated carbocycles. The van der Waals surface area contributed by atoms with Gasteiger partial charge in [0.25, 0.3) is 0 Å². The molecule has 112 valence electrons. The highest BCUT2D eigenvalue weighted by molar-refractivity contribution is 9.10. The van der Waals surface area contributed by atoms with E-state index in [2.05, 4.69) is 28.2 Å². The zero-order valence-electron chi connectivity index (χ0n) is 11.9. The van der Waals surface area contributed by atoms with Gasteiger partial charge in [0.15, 0.2) is 5.75 Å². The topological polar surface area (TPSA) is 30.5 Å². The average molecular weight is 363 g/mol. The molecule has 3 nitrogen and oxygen atoms in total. The van der Waals surface area contributed by atoms with Crippen molar-refractivity contribution in [3.05, 3.63) is 21.6 Å². The first kappa shape index (κ1) is 15.9. The van der Waals surface area contributed by atoms with Crippen molar-refractivity contribution in [2.24, 2.45) is 0 Å². The number of rotatable bonds is 5. The van der Waals surface area contributed by atoms with Crippen molar-refractivity contribution in [3.63, 3.8) is 0 Å². The van der Waals surface area contributed by atoms with Crippen molar-refractivity contribution in [1.29, 1.82) is 0 Å². The molecule has 1 saturated heterocycles. The Morgan fingerprint density at radius 3 is 2.95 bits per heavy atom. The predicted molar refractivity (Wildman–Crippen MR) is 87.0 cm³/mol. The second-order valence-electron chi connectivity index (χ2n) is 4.96. The monoisotopic (exact) mass is 361 g/mol. The minimum atomic E-state index is 0.347. The van der Waals surface area contributed by atoms with Crippen molar-refractivity contribution in [2.75, 3.05) is 18.5 Å². The summed E-state index contributed by atoms with van der Waals surface area (Å²) in [7, 11) is 0. The molecule has 1 aliphatic heterocycles. The van der Waals surface area contributed by atoms with Crippen LogP contribution in [0.3, 0.4) is 0 Å². The first-order chi connectivity index (χ1) is 9.63. The van der Waals surface area contributed by atoms with Gasteiger partial charge in [0.1, 0.15) is 0 Å². The fraction of sp³-hybridized carbons (Fsp3) is 0.600. The second-order valence-corrected chi connectivity index (χ2v) is 6.25. The zero-order chi connectivity index (χ0) is 14.5. The second kappa shape index (κ2) is 7.53. The third kappa shape index (κ3) is 4.03. The van der Waals surface area contributed by atoms with Gasteiger partial charge in [-0.05, 0) is 54.2 Å². The Balaban J connectivity index is 2.15. The molecule has 0 radical (unpaired) electrons. The van der Waals surface area contributed by atoms with Crippen LogP contribution in [0, 0.1) is 0 Å². The Labute approximate surface area is 134 Å². The van der Waals surface area contributed by atoms with E-state index in [-0.39, 0.29) is 0 Å². The summed E-state index contributed by atoms with van der Waals surface area (Å²) in [5.41, 5.74) is 0.952. The van der Waals surface area contributed by atoms with Crippen molar-refractivity contribution < 1.29 is 9.47 Å². The molecule has 0 aliphatic carbocycles. The molecule has 0 aromatic heterocycles. The van der Waals surface area contributed by atoms with Crippen LogP contribution in [-0.4, -0.2) is 25.4 Å². The number of nitrogens with one attached hydrogen (secondary N) is 1. The first-order valence-corrected chi connectivity index (χ1v) is 8.31. The summed E-state index contributed by atoms with van der Waals surface area (Å²) in [5.74, 6) is 0.830. The highest BCUT2D eigenvalue weighted by Crippen LogP contribution is 2.37. The van der Waals surface area contributed by atoms with Crippen molar-refractivity contribution in [3.8, 4) is 5.75 Å². The Bertz CT molecular complexity index is 456. The van der Waals surface area contributed by atoms with Gasteiger partial charge in [-0.25, -0.2) is 0 Å². The maximum atomic E-state index is 6.15. The smallest absolute Gasteiger partial charge is 0.156 e. The van der Waals surface area contributed by atoms with E-state index in [1.807, 2.05) is 19.1 Å². The van der Waals surface area contributed by atoms with E-state index in [0.717, 1.165) is 41.8 Å². The van der Waals surface area contributed by atoms with Crippen LogP contribution < -0.4 is 10.1 Å². The summed E-state index contributed by atoms with van der Waals surface area (Å²) in [6.45, 7) is 5.57. The molecule has 1 fully saturated rings. The standard InChI is InChI=1S/C15H21BrClNO2/c1-3-12-9-11(5-6-20-12)18-14-8-10(17)7-13(16)15(14)19-4-2/h7-8,11-12,18H,3-6,9H2,1-2H3. The Hall–Kier alpha value is -0.450. The molecule has 1 N–H and O–H groups in total. The molecule has 0 spiro atoms. The largest absolute Gasteiger partial charge is 0.491 e. The van der Waals surface area contributed by atoms with E-state index in [0.29, 0.717) is 23.8 Å². The van der Waals surface area contributed by atoms with E-state index >= 15 is 0 Å². The van der Waals surface area contributed by atoms with Crippen LogP contribution in [0.2, 0.25) is 5.02 Å². The molecule has 2 atom stereocenters. The number of ether oxygens (including phenoxy) is 2. The third-order valence-corrected chi connectivity index (χ3v) is 4.29. The van der Waals surface area contributed by atoms with E-state index in [9.17, 15) is 0 Å². The van der Waals surface area contributed by atoms with Gasteiger partial charge in [-0.1, -0.05) is 18.5 Å². The minimum Gasteiger partial charge on any atom is -0.491 e. The number of hydrogen-bond donors (Lipinski definition) is 1. The van der Waals surface area contributed by atoms with Gasteiger partial charge in [-0.3, -0.25) is 0 Å². The van der Waals surface area contributed by atoms with Gasteiger partial charge in [0.05, 0.1) is 22.9 Å². The molecule has 1 aromatic rings. The van der Waals surface area contributed by atoms with Gasteiger partial charge in [-0.2, -0.15) is 0 Å². The molecule has 20 heavy (non-hydrogen) atoms. The van der Waals surface area contributed by atoms with E-state index in [1.54, 1.807) is 0 Å². The number of anilines is 1. The lowest BCUT2D eigenvalue weighted by molar-refractivity contribution is 0.00922. The van der Waals surface area contributed by atoms with Gasteiger partial charge < -0.3 is 14.8 Å². The van der Waals surface area contributed by atoms with Gasteiger partial charge in [0, 0.05) is 17.7 Å². The molecule has 0 amide bonds. The zero-order valence-corrected chi connectivity index (χ0v) is 14.3. The molecule has 1 heterocycles. The lowest BCUT2D eigenvalue weighted by Gasteiger charge is -2.30. The molecule has 1 aliphatic rings. The Morgan fingerprint density at radius 1 is 1.45 bits per heavy atom. The summed E-state index contributed by atoms with van der Waals surface area (Å²) in [4.78, 5) is 0. The SMILES string of the molecule is CCOc1c(Br)cc(Cl)cc1NC1CCOC(CC)C1. The molecule has 2 rings (SSSR count). The fourth-order valence-electron chi connectivity index (χ4n) is 2.47. The highest BCUT2D eigenvalue weighted by Gasteiger charge is 2.22.